The van der Waals surface area contributed by atoms with Crippen molar-refractivity contribution in [3.63, 3.8) is 0 Å². The van der Waals surface area contributed by atoms with Crippen LogP contribution >= 0.6 is 0 Å². The third kappa shape index (κ3) is 4.02. The molecule has 0 saturated heterocycles. The molecule has 18 heavy (non-hydrogen) atoms. The Kier molecular flexibility index (Phi) is 5.13. The van der Waals surface area contributed by atoms with Crippen molar-refractivity contribution in [1.29, 1.82) is 0 Å². The average molecular weight is 252 g/mol. The van der Waals surface area contributed by atoms with Gasteiger partial charge in [-0.15, -0.1) is 0 Å². The van der Waals surface area contributed by atoms with Crippen LogP contribution in [0.1, 0.15) is 39.5 Å². The summed E-state index contributed by atoms with van der Waals surface area (Å²) in [6, 6.07) is 0. The molecule has 0 saturated carbocycles. The molecule has 4 nitrogen and oxygen atoms in total. The molecular formula is C14H20O4. The minimum absolute atomic E-state index is 0.330. The summed E-state index contributed by atoms with van der Waals surface area (Å²) >= 11 is 0. The highest BCUT2D eigenvalue weighted by atomic mass is 16.4. The summed E-state index contributed by atoms with van der Waals surface area (Å²) in [7, 11) is 0. The first-order valence-electron chi connectivity index (χ1n) is 6.18. The highest BCUT2D eigenvalue weighted by molar-refractivity contribution is 5.80. The molecule has 1 aliphatic rings. The molecule has 0 aromatic rings. The lowest BCUT2D eigenvalue weighted by atomic mass is 9.78. The Bertz CT molecular complexity index is 389. The molecule has 0 unspecified atom stereocenters. The van der Waals surface area contributed by atoms with Crippen molar-refractivity contribution in [2.24, 2.45) is 11.8 Å². The van der Waals surface area contributed by atoms with Crippen molar-refractivity contribution < 1.29 is 19.8 Å². The maximum atomic E-state index is 11.1. The summed E-state index contributed by atoms with van der Waals surface area (Å²) < 4.78 is 0. The van der Waals surface area contributed by atoms with E-state index in [1.165, 1.54) is 5.57 Å². The second-order valence-electron chi connectivity index (χ2n) is 5.01. The zero-order chi connectivity index (χ0) is 13.7. The van der Waals surface area contributed by atoms with Crippen LogP contribution in [0.15, 0.2) is 23.3 Å². The molecule has 4 heteroatoms. The Morgan fingerprint density at radius 3 is 2.39 bits per heavy atom. The van der Waals surface area contributed by atoms with E-state index >= 15 is 0 Å². The summed E-state index contributed by atoms with van der Waals surface area (Å²) in [5, 5.41) is 18.1. The van der Waals surface area contributed by atoms with Crippen molar-refractivity contribution in [3.05, 3.63) is 23.3 Å². The fourth-order valence-corrected chi connectivity index (χ4v) is 2.25. The first kappa shape index (κ1) is 14.5. The van der Waals surface area contributed by atoms with Crippen LogP contribution in [0.4, 0.5) is 0 Å². The predicted molar refractivity (Wildman–Crippen MR) is 68.2 cm³/mol. The molecule has 0 aliphatic heterocycles. The van der Waals surface area contributed by atoms with Crippen LogP contribution in [0, 0.1) is 11.8 Å². The van der Waals surface area contributed by atoms with E-state index in [-0.39, 0.29) is 0 Å². The number of hydrogen-bond donors (Lipinski definition) is 2. The van der Waals surface area contributed by atoms with E-state index in [1.54, 1.807) is 0 Å². The molecule has 0 fully saturated rings. The largest absolute Gasteiger partial charge is 0.481 e. The number of carboxylic acids is 2. The van der Waals surface area contributed by atoms with Gasteiger partial charge in [-0.3, -0.25) is 9.59 Å². The molecule has 0 radical (unpaired) electrons. The molecular weight excluding hydrogens is 232 g/mol. The Labute approximate surface area is 107 Å². The average Bonchev–Trinajstić information content (AvgIpc) is 2.28. The van der Waals surface area contributed by atoms with Gasteiger partial charge in [0.1, 0.15) is 0 Å². The first-order chi connectivity index (χ1) is 8.41. The fourth-order valence-electron chi connectivity index (χ4n) is 2.25. The molecule has 2 atom stereocenters. The van der Waals surface area contributed by atoms with Crippen molar-refractivity contribution in [1.82, 2.24) is 0 Å². The predicted octanol–water partition coefficient (Wildman–Crippen LogP) is 2.85. The van der Waals surface area contributed by atoms with Gasteiger partial charge >= 0.3 is 11.9 Å². The van der Waals surface area contributed by atoms with E-state index in [4.69, 9.17) is 10.2 Å². The van der Waals surface area contributed by atoms with Crippen LogP contribution in [0.2, 0.25) is 0 Å². The van der Waals surface area contributed by atoms with E-state index < -0.39 is 23.8 Å². The van der Waals surface area contributed by atoms with Crippen LogP contribution in [-0.4, -0.2) is 22.2 Å². The topological polar surface area (TPSA) is 74.6 Å². The van der Waals surface area contributed by atoms with Crippen LogP contribution in [0.3, 0.4) is 0 Å². The summed E-state index contributed by atoms with van der Waals surface area (Å²) in [4.78, 5) is 22.1. The monoisotopic (exact) mass is 252 g/mol. The van der Waals surface area contributed by atoms with Gasteiger partial charge in [0.05, 0.1) is 11.8 Å². The number of aliphatic carboxylic acids is 2. The van der Waals surface area contributed by atoms with E-state index in [9.17, 15) is 9.59 Å². The Balaban J connectivity index is 2.66. The minimum atomic E-state index is -1.01. The number of carbonyl (C=O) groups is 2. The quantitative estimate of drug-likeness (QED) is 0.738. The second kappa shape index (κ2) is 6.38. The molecule has 2 N–H and O–H groups in total. The van der Waals surface area contributed by atoms with Gasteiger partial charge < -0.3 is 10.2 Å². The van der Waals surface area contributed by atoms with Gasteiger partial charge in [0.25, 0.3) is 0 Å². The summed E-state index contributed by atoms with van der Waals surface area (Å²) in [6.45, 7) is 4.05. The maximum absolute atomic E-state index is 11.1. The molecule has 0 spiro atoms. The smallest absolute Gasteiger partial charge is 0.307 e. The summed E-state index contributed by atoms with van der Waals surface area (Å²) in [5.74, 6) is -3.58. The highest BCUT2D eigenvalue weighted by Crippen LogP contribution is 2.32. The van der Waals surface area contributed by atoms with E-state index in [0.717, 1.165) is 18.4 Å². The van der Waals surface area contributed by atoms with Gasteiger partial charge in [0.2, 0.25) is 0 Å². The van der Waals surface area contributed by atoms with E-state index in [1.807, 2.05) is 19.9 Å². The molecule has 0 aromatic carbocycles. The number of carboxylic acid groups (broad SMARTS) is 2. The fraction of sp³-hybridized carbons (Fsp3) is 0.571. The van der Waals surface area contributed by atoms with Crippen molar-refractivity contribution in [2.45, 2.75) is 39.5 Å². The number of allylic oxidation sites excluding steroid dienone is 4. The van der Waals surface area contributed by atoms with Gasteiger partial charge in [-0.1, -0.05) is 23.3 Å². The Morgan fingerprint density at radius 1 is 1.28 bits per heavy atom. The minimum Gasteiger partial charge on any atom is -0.481 e. The lowest BCUT2D eigenvalue weighted by Gasteiger charge is -2.25. The SMILES string of the molecule is CC(C)=CCCC1=CC[C@H](C(=O)O)[C@@H](C(=O)O)C1. The number of rotatable bonds is 5. The van der Waals surface area contributed by atoms with Gasteiger partial charge in [0, 0.05) is 0 Å². The molecule has 1 aliphatic carbocycles. The summed E-state index contributed by atoms with van der Waals surface area (Å²) in [6.07, 6.45) is 6.41. The first-order valence-corrected chi connectivity index (χ1v) is 6.18. The van der Waals surface area contributed by atoms with Crippen molar-refractivity contribution in [2.75, 3.05) is 0 Å². The second-order valence-corrected chi connectivity index (χ2v) is 5.01. The van der Waals surface area contributed by atoms with Crippen LogP contribution in [0.25, 0.3) is 0 Å². The van der Waals surface area contributed by atoms with Crippen molar-refractivity contribution in [3.8, 4) is 0 Å². The molecule has 0 amide bonds. The third-order valence-corrected chi connectivity index (χ3v) is 3.28. The van der Waals surface area contributed by atoms with Crippen molar-refractivity contribution >= 4 is 11.9 Å². The van der Waals surface area contributed by atoms with Crippen LogP contribution in [-0.2, 0) is 9.59 Å². The lowest BCUT2D eigenvalue weighted by Crippen LogP contribution is -2.32. The molecule has 0 bridgehead atoms. The molecule has 0 aromatic heterocycles. The van der Waals surface area contributed by atoms with Crippen LogP contribution in [0.5, 0.6) is 0 Å². The zero-order valence-electron chi connectivity index (χ0n) is 10.8. The Hall–Kier alpha value is -1.58. The highest BCUT2D eigenvalue weighted by Gasteiger charge is 2.35. The van der Waals surface area contributed by atoms with Crippen LogP contribution < -0.4 is 0 Å². The van der Waals surface area contributed by atoms with Gasteiger partial charge in [0.15, 0.2) is 0 Å². The number of hydrogen-bond acceptors (Lipinski definition) is 2. The zero-order valence-corrected chi connectivity index (χ0v) is 10.8. The van der Waals surface area contributed by atoms with Gasteiger partial charge in [-0.05, 0) is 39.5 Å². The molecule has 0 heterocycles. The summed E-state index contributed by atoms with van der Waals surface area (Å²) in [5.41, 5.74) is 2.31. The van der Waals surface area contributed by atoms with Gasteiger partial charge in [-0.25, -0.2) is 0 Å². The van der Waals surface area contributed by atoms with E-state index in [2.05, 4.69) is 6.08 Å². The maximum Gasteiger partial charge on any atom is 0.307 e. The standard InChI is InChI=1S/C14H20O4/c1-9(2)4-3-5-10-6-7-11(13(15)16)12(8-10)14(17)18/h4,6,11-12H,3,5,7-8H2,1-2H3,(H,15,16)(H,17,18)/t11-,12-/m0/s1. The molecule has 100 valence electrons. The lowest BCUT2D eigenvalue weighted by molar-refractivity contribution is -0.153. The third-order valence-electron chi connectivity index (χ3n) is 3.28. The van der Waals surface area contributed by atoms with E-state index in [0.29, 0.717) is 12.8 Å². The Morgan fingerprint density at radius 2 is 1.89 bits per heavy atom. The molecule has 1 rings (SSSR count). The van der Waals surface area contributed by atoms with Gasteiger partial charge in [-0.2, -0.15) is 0 Å². The normalized spacial score (nSPS) is 23.1.